The number of benzene rings is 1. The van der Waals surface area contributed by atoms with Crippen molar-refractivity contribution in [2.75, 3.05) is 5.32 Å². The van der Waals surface area contributed by atoms with E-state index in [0.717, 1.165) is 19.3 Å². The van der Waals surface area contributed by atoms with Gasteiger partial charge in [-0.15, -0.1) is 0 Å². The molecule has 0 aromatic heterocycles. The van der Waals surface area contributed by atoms with Gasteiger partial charge in [-0.25, -0.2) is 0 Å². The molecule has 6 nitrogen and oxygen atoms in total. The van der Waals surface area contributed by atoms with E-state index in [1.165, 1.54) is 18.6 Å². The fourth-order valence-corrected chi connectivity index (χ4v) is 2.69. The third kappa shape index (κ3) is 3.07. The van der Waals surface area contributed by atoms with Crippen molar-refractivity contribution in [3.8, 4) is 0 Å². The Kier molecular flexibility index (Phi) is 4.22. The van der Waals surface area contributed by atoms with E-state index in [1.807, 2.05) is 0 Å². The number of carbonyl (C=O) groups is 1. The molecule has 1 aromatic rings. The Bertz CT molecular complexity index is 530. The van der Waals surface area contributed by atoms with Gasteiger partial charge in [0, 0.05) is 17.7 Å². The number of rotatable bonds is 4. The Morgan fingerprint density at radius 1 is 1.40 bits per heavy atom. The lowest BCUT2D eigenvalue weighted by Gasteiger charge is -2.30. The first-order chi connectivity index (χ1) is 9.49. The second-order valence-electron chi connectivity index (χ2n) is 5.37. The number of anilines is 1. The zero-order chi connectivity index (χ0) is 14.7. The minimum absolute atomic E-state index is 0.0981. The lowest BCUT2D eigenvalue weighted by atomic mass is 9.86. The first-order valence-corrected chi connectivity index (χ1v) is 6.84. The molecule has 1 saturated carbocycles. The molecule has 0 spiro atoms. The fraction of sp³-hybridized carbons (Fsp3) is 0.500. The topological polar surface area (TPSA) is 98.3 Å². The maximum Gasteiger partial charge on any atom is 0.293 e. The molecule has 0 heterocycles. The molecule has 2 rings (SSSR count). The van der Waals surface area contributed by atoms with Crippen LogP contribution in [-0.4, -0.2) is 16.9 Å². The number of carbonyl (C=O) groups excluding carboxylic acids is 1. The first-order valence-electron chi connectivity index (χ1n) is 6.84. The number of amides is 1. The minimum Gasteiger partial charge on any atom is -0.376 e. The highest BCUT2D eigenvalue weighted by Crippen LogP contribution is 2.31. The van der Waals surface area contributed by atoms with Crippen LogP contribution < -0.4 is 11.1 Å². The molecule has 1 aromatic carbocycles. The average Bonchev–Trinajstić information content (AvgIpc) is 2.41. The number of nitrogens with two attached hydrogens (primary N) is 1. The Balaban J connectivity index is 2.26. The molecule has 0 radical (unpaired) electrons. The molecular formula is C14H19N3O3. The van der Waals surface area contributed by atoms with Crippen molar-refractivity contribution in [2.24, 2.45) is 11.7 Å². The van der Waals surface area contributed by atoms with Crippen LogP contribution in [0.2, 0.25) is 0 Å². The van der Waals surface area contributed by atoms with Crippen LogP contribution in [-0.2, 0) is 0 Å². The summed E-state index contributed by atoms with van der Waals surface area (Å²) < 4.78 is 0. The standard InChI is InChI=1S/C14H19N3O3/c1-9-4-2-3-5-11(9)16-12-7-6-10(14(15)18)8-13(12)17(19)20/h6-9,11,16H,2-5H2,1H3,(H2,15,18)/t9-,11-/m1/s1. The number of nitro benzene ring substituents is 1. The molecule has 6 heteroatoms. The molecule has 2 atom stereocenters. The van der Waals surface area contributed by atoms with Gasteiger partial charge in [-0.2, -0.15) is 0 Å². The summed E-state index contributed by atoms with van der Waals surface area (Å²) in [6.45, 7) is 2.15. The van der Waals surface area contributed by atoms with Gasteiger partial charge >= 0.3 is 0 Å². The summed E-state index contributed by atoms with van der Waals surface area (Å²) >= 11 is 0. The van der Waals surface area contributed by atoms with Gasteiger partial charge < -0.3 is 11.1 Å². The number of nitro groups is 1. The summed E-state index contributed by atoms with van der Waals surface area (Å²) in [7, 11) is 0. The molecular weight excluding hydrogens is 258 g/mol. The average molecular weight is 277 g/mol. The maximum atomic E-state index is 11.1. The predicted molar refractivity (Wildman–Crippen MR) is 76.7 cm³/mol. The van der Waals surface area contributed by atoms with Crippen LogP contribution >= 0.6 is 0 Å². The van der Waals surface area contributed by atoms with Crippen molar-refractivity contribution in [2.45, 2.75) is 38.6 Å². The van der Waals surface area contributed by atoms with E-state index in [-0.39, 0.29) is 17.3 Å². The van der Waals surface area contributed by atoms with Gasteiger partial charge in [0.05, 0.1) is 4.92 Å². The highest BCUT2D eigenvalue weighted by Gasteiger charge is 2.24. The molecule has 1 aliphatic rings. The van der Waals surface area contributed by atoms with E-state index < -0.39 is 10.8 Å². The molecule has 20 heavy (non-hydrogen) atoms. The molecule has 0 unspecified atom stereocenters. The van der Waals surface area contributed by atoms with E-state index in [2.05, 4.69) is 12.2 Å². The van der Waals surface area contributed by atoms with E-state index in [1.54, 1.807) is 6.07 Å². The molecule has 3 N–H and O–H groups in total. The van der Waals surface area contributed by atoms with Crippen molar-refractivity contribution in [3.63, 3.8) is 0 Å². The van der Waals surface area contributed by atoms with E-state index >= 15 is 0 Å². The zero-order valence-electron chi connectivity index (χ0n) is 11.5. The van der Waals surface area contributed by atoms with Crippen molar-refractivity contribution >= 4 is 17.3 Å². The first kappa shape index (κ1) is 14.3. The Hall–Kier alpha value is -2.11. The van der Waals surface area contributed by atoms with Crippen LogP contribution in [0.1, 0.15) is 43.0 Å². The van der Waals surface area contributed by atoms with Gasteiger partial charge in [0.2, 0.25) is 5.91 Å². The van der Waals surface area contributed by atoms with Gasteiger partial charge in [0.1, 0.15) is 5.69 Å². The minimum atomic E-state index is -0.661. The van der Waals surface area contributed by atoms with E-state index in [0.29, 0.717) is 11.6 Å². The van der Waals surface area contributed by atoms with Crippen LogP contribution in [0.15, 0.2) is 18.2 Å². The summed E-state index contributed by atoms with van der Waals surface area (Å²) in [5.41, 5.74) is 5.67. The zero-order valence-corrected chi connectivity index (χ0v) is 11.5. The van der Waals surface area contributed by atoms with Crippen LogP contribution in [0, 0.1) is 16.0 Å². The van der Waals surface area contributed by atoms with Crippen LogP contribution in [0.25, 0.3) is 0 Å². The molecule has 0 saturated heterocycles. The van der Waals surface area contributed by atoms with Crippen molar-refractivity contribution in [1.29, 1.82) is 0 Å². The summed E-state index contributed by atoms with van der Waals surface area (Å²) in [5, 5.41) is 14.4. The molecule has 1 amide bonds. The van der Waals surface area contributed by atoms with Crippen molar-refractivity contribution in [1.82, 2.24) is 0 Å². The van der Waals surface area contributed by atoms with Crippen LogP contribution in [0.4, 0.5) is 11.4 Å². The van der Waals surface area contributed by atoms with E-state index in [9.17, 15) is 14.9 Å². The lowest BCUT2D eigenvalue weighted by molar-refractivity contribution is -0.384. The number of primary amides is 1. The number of nitrogens with one attached hydrogen (secondary N) is 1. The van der Waals surface area contributed by atoms with Crippen molar-refractivity contribution in [3.05, 3.63) is 33.9 Å². The summed E-state index contributed by atoms with van der Waals surface area (Å²) in [6.07, 6.45) is 4.48. The second-order valence-corrected chi connectivity index (χ2v) is 5.37. The Labute approximate surface area is 117 Å². The smallest absolute Gasteiger partial charge is 0.293 e. The summed E-state index contributed by atoms with van der Waals surface area (Å²) in [5.74, 6) is -0.176. The highest BCUT2D eigenvalue weighted by molar-refractivity contribution is 5.94. The molecule has 0 bridgehead atoms. The number of nitrogens with zero attached hydrogens (tertiary/aromatic N) is 1. The van der Waals surface area contributed by atoms with Crippen LogP contribution in [0.3, 0.4) is 0 Å². The molecule has 108 valence electrons. The van der Waals surface area contributed by atoms with E-state index in [4.69, 9.17) is 5.73 Å². The third-order valence-corrected chi connectivity index (χ3v) is 3.93. The summed E-state index contributed by atoms with van der Waals surface area (Å²) in [6, 6.07) is 4.56. The van der Waals surface area contributed by atoms with Gasteiger partial charge in [-0.1, -0.05) is 19.8 Å². The summed E-state index contributed by atoms with van der Waals surface area (Å²) in [4.78, 5) is 21.8. The Morgan fingerprint density at radius 3 is 2.70 bits per heavy atom. The number of hydrogen-bond acceptors (Lipinski definition) is 4. The fourth-order valence-electron chi connectivity index (χ4n) is 2.69. The second kappa shape index (κ2) is 5.90. The third-order valence-electron chi connectivity index (χ3n) is 3.93. The van der Waals surface area contributed by atoms with Gasteiger partial charge in [0.15, 0.2) is 0 Å². The van der Waals surface area contributed by atoms with Gasteiger partial charge in [-0.3, -0.25) is 14.9 Å². The largest absolute Gasteiger partial charge is 0.376 e. The monoisotopic (exact) mass is 277 g/mol. The molecule has 1 fully saturated rings. The van der Waals surface area contributed by atoms with Gasteiger partial charge in [0.25, 0.3) is 5.69 Å². The normalized spacial score (nSPS) is 22.2. The quantitative estimate of drug-likeness (QED) is 0.653. The predicted octanol–water partition coefficient (Wildman–Crippen LogP) is 2.68. The van der Waals surface area contributed by atoms with Crippen LogP contribution in [0.5, 0.6) is 0 Å². The molecule has 0 aliphatic heterocycles. The van der Waals surface area contributed by atoms with Crippen molar-refractivity contribution < 1.29 is 9.72 Å². The lowest BCUT2D eigenvalue weighted by Crippen LogP contribution is -2.30. The maximum absolute atomic E-state index is 11.1. The highest BCUT2D eigenvalue weighted by atomic mass is 16.6. The number of hydrogen-bond donors (Lipinski definition) is 2. The molecule has 1 aliphatic carbocycles. The Morgan fingerprint density at radius 2 is 2.10 bits per heavy atom. The van der Waals surface area contributed by atoms with Gasteiger partial charge in [-0.05, 0) is 30.9 Å². The SMILES string of the molecule is C[C@@H]1CCCC[C@H]1Nc1ccc(C(N)=O)cc1[N+](=O)[O-].